The van der Waals surface area contributed by atoms with Crippen LogP contribution in [0.5, 0.6) is 0 Å². The third kappa shape index (κ3) is 19.4. The van der Waals surface area contributed by atoms with Gasteiger partial charge >= 0.3 is 0 Å². The quantitative estimate of drug-likeness (QED) is 0.0716. The molecular weight excluding hydrogens is 438 g/mol. The Hall–Kier alpha value is -0.730. The smallest absolute Gasteiger partial charge is 0.194 e. The molecule has 3 heteroatoms. The van der Waals surface area contributed by atoms with Crippen molar-refractivity contribution >= 4 is 5.96 Å². The highest BCUT2D eigenvalue weighted by Crippen LogP contribution is 2.20. The number of unbranched alkanes of at least 4 members (excludes halogenated alkanes) is 15. The molecule has 0 bridgehead atoms. The Morgan fingerprint density at radius 3 is 1.28 bits per heavy atom. The maximum Gasteiger partial charge on any atom is 0.194 e. The molecule has 1 atom stereocenters. The molecule has 0 aliphatic carbocycles. The van der Waals surface area contributed by atoms with Crippen molar-refractivity contribution in [3.8, 4) is 0 Å². The second kappa shape index (κ2) is 27.3. The molecule has 0 rings (SSSR count). The van der Waals surface area contributed by atoms with Crippen molar-refractivity contribution in [1.82, 2.24) is 10.2 Å². The normalized spacial score (nSPS) is 12.9. The minimum Gasteiger partial charge on any atom is -0.354 e. The molecule has 0 radical (unpaired) electrons. The third-order valence-electron chi connectivity index (χ3n) is 7.94. The molecular formula is C33H69N3. The van der Waals surface area contributed by atoms with Gasteiger partial charge < -0.3 is 10.2 Å². The number of rotatable bonds is 26. The van der Waals surface area contributed by atoms with E-state index in [2.05, 4.69) is 44.8 Å². The van der Waals surface area contributed by atoms with Crippen LogP contribution in [0.2, 0.25) is 0 Å². The first-order valence-corrected chi connectivity index (χ1v) is 16.7. The van der Waals surface area contributed by atoms with E-state index in [1.165, 1.54) is 154 Å². The molecule has 216 valence electrons. The second-order valence-electron chi connectivity index (χ2n) is 11.3. The van der Waals surface area contributed by atoms with Gasteiger partial charge in [0.1, 0.15) is 0 Å². The van der Waals surface area contributed by atoms with E-state index in [1.807, 2.05) is 7.05 Å². The fraction of sp³-hybridized carbons (Fsp3) is 0.970. The van der Waals surface area contributed by atoms with Gasteiger partial charge in [0.15, 0.2) is 5.96 Å². The second-order valence-corrected chi connectivity index (χ2v) is 11.3. The molecule has 0 aromatic carbocycles. The number of nitrogens with zero attached hydrogens (tertiary/aromatic N) is 2. The van der Waals surface area contributed by atoms with Crippen LogP contribution in [0.3, 0.4) is 0 Å². The molecule has 0 amide bonds. The van der Waals surface area contributed by atoms with Crippen molar-refractivity contribution in [2.45, 2.75) is 194 Å². The van der Waals surface area contributed by atoms with Gasteiger partial charge in [0, 0.05) is 25.7 Å². The summed E-state index contributed by atoms with van der Waals surface area (Å²) in [6.45, 7) is 12.7. The zero-order valence-corrected chi connectivity index (χ0v) is 26.0. The van der Waals surface area contributed by atoms with E-state index in [-0.39, 0.29) is 0 Å². The van der Waals surface area contributed by atoms with Crippen LogP contribution in [-0.2, 0) is 0 Å². The Morgan fingerprint density at radius 1 is 0.528 bits per heavy atom. The number of nitrogens with one attached hydrogen (secondary N) is 1. The summed E-state index contributed by atoms with van der Waals surface area (Å²) in [7, 11) is 2.01. The van der Waals surface area contributed by atoms with E-state index >= 15 is 0 Å². The van der Waals surface area contributed by atoms with Gasteiger partial charge in [0.05, 0.1) is 0 Å². The van der Waals surface area contributed by atoms with Crippen molar-refractivity contribution in [1.29, 1.82) is 0 Å². The minimum atomic E-state index is 0.575. The van der Waals surface area contributed by atoms with Crippen LogP contribution < -0.4 is 5.32 Å². The molecule has 0 saturated carbocycles. The lowest BCUT2D eigenvalue weighted by atomic mass is 9.98. The average molecular weight is 508 g/mol. The monoisotopic (exact) mass is 508 g/mol. The van der Waals surface area contributed by atoms with Crippen LogP contribution in [0.15, 0.2) is 4.99 Å². The standard InChI is InChI=1S/C33H69N3/c1-7-12-16-20-22-26-30-32(29-25-21-17-13-8-2)36(11-5)33(34-6)35-31(27-23-18-14-9-3)28-24-19-15-10-4/h31-32H,7-30H2,1-6H3,(H,34,35). The predicted octanol–water partition coefficient (Wildman–Crippen LogP) is 10.7. The van der Waals surface area contributed by atoms with E-state index in [4.69, 9.17) is 4.99 Å². The lowest BCUT2D eigenvalue weighted by Crippen LogP contribution is -2.50. The van der Waals surface area contributed by atoms with Gasteiger partial charge in [0.2, 0.25) is 0 Å². The van der Waals surface area contributed by atoms with Crippen molar-refractivity contribution in [3.63, 3.8) is 0 Å². The van der Waals surface area contributed by atoms with Crippen LogP contribution in [0, 0.1) is 0 Å². The van der Waals surface area contributed by atoms with Crippen LogP contribution in [0.4, 0.5) is 0 Å². The third-order valence-corrected chi connectivity index (χ3v) is 7.94. The molecule has 0 saturated heterocycles. The summed E-state index contributed by atoms with van der Waals surface area (Å²) in [5.41, 5.74) is 0. The summed E-state index contributed by atoms with van der Waals surface area (Å²) in [5, 5.41) is 3.99. The fourth-order valence-corrected chi connectivity index (χ4v) is 5.56. The molecule has 0 aromatic rings. The molecule has 0 aliphatic heterocycles. The minimum absolute atomic E-state index is 0.575. The molecule has 0 aliphatic rings. The summed E-state index contributed by atoms with van der Waals surface area (Å²) >= 11 is 0. The van der Waals surface area contributed by atoms with E-state index in [1.54, 1.807) is 0 Å². The topological polar surface area (TPSA) is 27.6 Å². The van der Waals surface area contributed by atoms with Crippen LogP contribution in [-0.4, -0.2) is 36.5 Å². The number of hydrogen-bond acceptors (Lipinski definition) is 1. The van der Waals surface area contributed by atoms with E-state index < -0.39 is 0 Å². The molecule has 1 N–H and O–H groups in total. The Balaban J connectivity index is 5.16. The molecule has 0 fully saturated rings. The van der Waals surface area contributed by atoms with Crippen LogP contribution in [0.1, 0.15) is 182 Å². The van der Waals surface area contributed by atoms with Crippen LogP contribution >= 0.6 is 0 Å². The number of hydrogen-bond donors (Lipinski definition) is 1. The summed E-state index contributed by atoms with van der Waals surface area (Å²) in [4.78, 5) is 7.52. The number of guanidine groups is 1. The lowest BCUT2D eigenvalue weighted by molar-refractivity contribution is 0.263. The Kier molecular flexibility index (Phi) is 26.8. The zero-order valence-electron chi connectivity index (χ0n) is 26.0. The highest BCUT2D eigenvalue weighted by Gasteiger charge is 2.22. The van der Waals surface area contributed by atoms with Gasteiger partial charge in [-0.2, -0.15) is 0 Å². The Labute approximate surface area is 229 Å². The molecule has 1 unspecified atom stereocenters. The maximum absolute atomic E-state index is 4.87. The van der Waals surface area contributed by atoms with E-state index in [0.717, 1.165) is 6.54 Å². The molecule has 0 heterocycles. The van der Waals surface area contributed by atoms with Crippen molar-refractivity contribution < 1.29 is 0 Å². The molecule has 0 spiro atoms. The highest BCUT2D eigenvalue weighted by molar-refractivity contribution is 5.80. The predicted molar refractivity (Wildman–Crippen MR) is 165 cm³/mol. The van der Waals surface area contributed by atoms with Gasteiger partial charge in [-0.25, -0.2) is 0 Å². The summed E-state index contributed by atoms with van der Waals surface area (Å²) < 4.78 is 0. The molecule has 36 heavy (non-hydrogen) atoms. The average Bonchev–Trinajstić information content (AvgIpc) is 2.89. The SMILES string of the molecule is CCCCCCCCC(CCCCCCC)N(CC)C(=NC)NC(CCCCCC)CCCCCC. The first kappa shape index (κ1) is 35.3. The van der Waals surface area contributed by atoms with Gasteiger partial charge in [-0.1, -0.05) is 150 Å². The summed E-state index contributed by atoms with van der Waals surface area (Å²) in [6, 6.07) is 1.21. The van der Waals surface area contributed by atoms with Crippen molar-refractivity contribution in [2.24, 2.45) is 4.99 Å². The van der Waals surface area contributed by atoms with Gasteiger partial charge in [-0.3, -0.25) is 4.99 Å². The lowest BCUT2D eigenvalue weighted by Gasteiger charge is -2.36. The van der Waals surface area contributed by atoms with Gasteiger partial charge in [0.25, 0.3) is 0 Å². The molecule has 0 aromatic heterocycles. The van der Waals surface area contributed by atoms with Crippen molar-refractivity contribution in [2.75, 3.05) is 13.6 Å². The number of aliphatic imine (C=N–C) groups is 1. The first-order valence-electron chi connectivity index (χ1n) is 16.7. The Bertz CT molecular complexity index is 450. The van der Waals surface area contributed by atoms with E-state index in [9.17, 15) is 0 Å². The maximum atomic E-state index is 4.87. The van der Waals surface area contributed by atoms with Gasteiger partial charge in [-0.15, -0.1) is 0 Å². The van der Waals surface area contributed by atoms with Gasteiger partial charge in [-0.05, 0) is 32.6 Å². The highest BCUT2D eigenvalue weighted by atomic mass is 15.3. The molecule has 3 nitrogen and oxygen atoms in total. The Morgan fingerprint density at radius 2 is 0.889 bits per heavy atom. The summed E-state index contributed by atoms with van der Waals surface area (Å²) in [5.74, 6) is 1.18. The fourth-order valence-electron chi connectivity index (χ4n) is 5.56. The first-order chi connectivity index (χ1) is 17.7. The van der Waals surface area contributed by atoms with Crippen LogP contribution in [0.25, 0.3) is 0 Å². The van der Waals surface area contributed by atoms with E-state index in [0.29, 0.717) is 12.1 Å². The van der Waals surface area contributed by atoms with Crippen molar-refractivity contribution in [3.05, 3.63) is 0 Å². The summed E-state index contributed by atoms with van der Waals surface area (Å²) in [6.07, 6.45) is 31.3. The zero-order chi connectivity index (χ0) is 26.7. The largest absolute Gasteiger partial charge is 0.354 e.